The first kappa shape index (κ1) is 53.0. The quantitative estimate of drug-likeness (QED) is 0.0946. The molecule has 0 saturated heterocycles. The molecule has 0 radical (unpaired) electrons. The summed E-state index contributed by atoms with van der Waals surface area (Å²) in [5, 5.41) is 2.18. The van der Waals surface area contributed by atoms with Crippen molar-refractivity contribution in [3.63, 3.8) is 0 Å². The van der Waals surface area contributed by atoms with Gasteiger partial charge in [-0.05, 0) is 168 Å². The lowest BCUT2D eigenvalue weighted by atomic mass is 9.34. The Morgan fingerprint density at radius 3 is 1.67 bits per heavy atom. The van der Waals surface area contributed by atoms with Gasteiger partial charge in [-0.2, -0.15) is 0 Å². The molecule has 82 heavy (non-hydrogen) atoms. The lowest BCUT2D eigenvalue weighted by Crippen LogP contribution is -2.57. The van der Waals surface area contributed by atoms with Gasteiger partial charge in [0, 0.05) is 28.5 Å². The second-order valence-corrected chi connectivity index (χ2v) is 28.1. The van der Waals surface area contributed by atoms with Crippen molar-refractivity contribution in [3.05, 3.63) is 204 Å². The van der Waals surface area contributed by atoms with Gasteiger partial charge in [-0.1, -0.05) is 171 Å². The molecule has 410 valence electrons. The summed E-state index contributed by atoms with van der Waals surface area (Å²) in [6.07, 6.45) is 5.70. The lowest BCUT2D eigenvalue weighted by molar-refractivity contribution is -0.572. The monoisotopic (exact) mass is 1080 g/mol. The topological polar surface area (TPSA) is 54.3 Å². The predicted octanol–water partition coefficient (Wildman–Crippen LogP) is 16.9. The molecule has 0 unspecified atom stereocenters. The normalized spacial score (nSPS) is 13.5. The smallest absolute Gasteiger partial charge is 0.269 e. The van der Waals surface area contributed by atoms with Crippen molar-refractivity contribution in [1.82, 2.24) is 14.1 Å². The third-order valence-corrected chi connectivity index (χ3v) is 16.9. The molecule has 2 aliphatic heterocycles. The minimum atomic E-state index is -0.0862. The average molecular weight is 1080 g/mol. The Morgan fingerprint density at radius 1 is 0.451 bits per heavy atom. The maximum Gasteiger partial charge on any atom is 0.269 e. The van der Waals surface area contributed by atoms with Crippen LogP contribution in [0.5, 0.6) is 34.5 Å². The molecule has 8 aromatic carbocycles. The molecule has 8 heteroatoms. The van der Waals surface area contributed by atoms with E-state index in [-0.39, 0.29) is 33.8 Å². The number of pyridine rings is 1. The van der Waals surface area contributed by atoms with Gasteiger partial charge in [-0.25, -0.2) is 4.98 Å². The molecule has 0 saturated carbocycles. The van der Waals surface area contributed by atoms with E-state index in [9.17, 15) is 0 Å². The highest BCUT2D eigenvalue weighted by molar-refractivity contribution is 6.98. The van der Waals surface area contributed by atoms with E-state index in [1.165, 1.54) is 38.7 Å². The SMILES string of the molecule is CC(C)(C)c1cc(-[n+]2[c-]n(-c3cccc(Oc4ccc5c6cc(-c7cc8c9c(c7)Oc7ccc(C(C)(C)C)cc7B9c7cc(C(C)(C)C)ccc7O8)ccc6n(-c6cc(C(C)(C)C)ccn6)c5c4)c3)c3ccccc32)cc(C(C)(C)C)c1. The van der Waals surface area contributed by atoms with Crippen LogP contribution in [-0.2, 0) is 27.1 Å². The zero-order valence-electron chi connectivity index (χ0n) is 50.3. The number of hydrogen-bond donors (Lipinski definition) is 0. The first-order chi connectivity index (χ1) is 38.7. The van der Waals surface area contributed by atoms with Crippen molar-refractivity contribution in [3.8, 4) is 62.8 Å². The molecule has 0 bridgehead atoms. The van der Waals surface area contributed by atoms with Crippen molar-refractivity contribution >= 4 is 55.9 Å². The molecule has 7 nitrogen and oxygen atoms in total. The van der Waals surface area contributed by atoms with Gasteiger partial charge in [0.05, 0.1) is 33.4 Å². The number of imidazole rings is 1. The summed E-state index contributed by atoms with van der Waals surface area (Å²) in [5.41, 5.74) is 17.8. The van der Waals surface area contributed by atoms with Crippen LogP contribution in [0.25, 0.3) is 61.2 Å². The van der Waals surface area contributed by atoms with Crippen LogP contribution in [0.4, 0.5) is 0 Å². The van der Waals surface area contributed by atoms with Crippen molar-refractivity contribution in [2.45, 2.75) is 131 Å². The molecule has 0 N–H and O–H groups in total. The molecule has 0 spiro atoms. The molecule has 3 aromatic heterocycles. The number of benzene rings is 8. The largest absolute Gasteiger partial charge is 0.458 e. The first-order valence-corrected chi connectivity index (χ1v) is 29.0. The first-order valence-electron chi connectivity index (χ1n) is 29.0. The zero-order valence-corrected chi connectivity index (χ0v) is 50.3. The highest BCUT2D eigenvalue weighted by atomic mass is 16.5. The molecule has 5 heterocycles. The van der Waals surface area contributed by atoms with Crippen molar-refractivity contribution < 1.29 is 18.8 Å². The van der Waals surface area contributed by atoms with Gasteiger partial charge >= 0.3 is 0 Å². The van der Waals surface area contributed by atoms with Crippen LogP contribution >= 0.6 is 0 Å². The summed E-state index contributed by atoms with van der Waals surface area (Å²) in [4.78, 5) is 5.06. The molecule has 13 rings (SSSR count). The van der Waals surface area contributed by atoms with Crippen LogP contribution in [0.1, 0.15) is 132 Å². The fourth-order valence-corrected chi connectivity index (χ4v) is 12.0. The van der Waals surface area contributed by atoms with Crippen molar-refractivity contribution in [2.24, 2.45) is 0 Å². The van der Waals surface area contributed by atoms with Crippen LogP contribution in [0.3, 0.4) is 0 Å². The average Bonchev–Trinajstić information content (AvgIpc) is 1.14. The number of aromatic nitrogens is 4. The third kappa shape index (κ3) is 9.25. The Bertz CT molecular complexity index is 4290. The Hall–Kier alpha value is -8.36. The minimum absolute atomic E-state index is 0.0286. The fraction of sp³-hybridized carbons (Fsp3) is 0.270. The van der Waals surface area contributed by atoms with Crippen molar-refractivity contribution in [2.75, 3.05) is 0 Å². The summed E-state index contributed by atoms with van der Waals surface area (Å²) in [5.74, 6) is 5.68. The van der Waals surface area contributed by atoms with Crippen LogP contribution in [0.15, 0.2) is 170 Å². The highest BCUT2D eigenvalue weighted by Gasteiger charge is 2.42. The molecule has 11 aromatic rings. The van der Waals surface area contributed by atoms with Crippen LogP contribution in [-0.4, -0.2) is 20.8 Å². The number of fused-ring (bicyclic) bond motifs is 8. The second kappa shape index (κ2) is 18.6. The summed E-state index contributed by atoms with van der Waals surface area (Å²) in [6, 6.07) is 59.3. The van der Waals surface area contributed by atoms with Gasteiger partial charge in [0.25, 0.3) is 13.0 Å². The van der Waals surface area contributed by atoms with E-state index < -0.39 is 0 Å². The summed E-state index contributed by atoms with van der Waals surface area (Å²) in [7, 11) is 0. The molecular weight excluding hydrogens is 1000 g/mol. The lowest BCUT2D eigenvalue weighted by Gasteiger charge is -2.35. The van der Waals surface area contributed by atoms with Gasteiger partial charge in [0.1, 0.15) is 40.3 Å². The van der Waals surface area contributed by atoms with E-state index in [0.29, 0.717) is 5.75 Å². The van der Waals surface area contributed by atoms with Crippen LogP contribution in [0, 0.1) is 6.33 Å². The Balaban J connectivity index is 0.910. The predicted molar refractivity (Wildman–Crippen MR) is 339 cm³/mol. The van der Waals surface area contributed by atoms with Gasteiger partial charge in [-0.15, -0.1) is 0 Å². The fourth-order valence-electron chi connectivity index (χ4n) is 12.0. The molecule has 2 aliphatic rings. The van der Waals surface area contributed by atoms with E-state index in [0.717, 1.165) is 95.4 Å². The maximum atomic E-state index is 6.98. The van der Waals surface area contributed by atoms with E-state index in [1.807, 2.05) is 12.3 Å². The number of nitrogens with zero attached hydrogens (tertiary/aromatic N) is 4. The Kier molecular flexibility index (Phi) is 12.0. The van der Waals surface area contributed by atoms with Gasteiger partial charge in [0.2, 0.25) is 0 Å². The number of hydrogen-bond acceptors (Lipinski definition) is 4. The number of ether oxygens (including phenoxy) is 3. The third-order valence-electron chi connectivity index (χ3n) is 16.9. The van der Waals surface area contributed by atoms with Crippen LogP contribution < -0.4 is 35.2 Å². The van der Waals surface area contributed by atoms with Crippen LogP contribution in [0.2, 0.25) is 0 Å². The maximum absolute atomic E-state index is 6.98. The molecule has 0 amide bonds. The van der Waals surface area contributed by atoms with Gasteiger partial charge in [0.15, 0.2) is 0 Å². The van der Waals surface area contributed by atoms with E-state index in [4.69, 9.17) is 19.2 Å². The number of rotatable bonds is 6. The summed E-state index contributed by atoms with van der Waals surface area (Å²) < 4.78 is 27.5. The van der Waals surface area contributed by atoms with E-state index in [1.54, 1.807) is 0 Å². The second-order valence-electron chi connectivity index (χ2n) is 28.1. The highest BCUT2D eigenvalue weighted by Crippen LogP contribution is 2.43. The van der Waals surface area contributed by atoms with E-state index >= 15 is 0 Å². The number of para-hydroxylation sites is 2. The molecule has 0 atom stereocenters. The van der Waals surface area contributed by atoms with Gasteiger partial charge < -0.3 is 14.2 Å². The summed E-state index contributed by atoms with van der Waals surface area (Å²) in [6.45, 7) is 34.0. The van der Waals surface area contributed by atoms with Gasteiger partial charge in [-0.3, -0.25) is 13.7 Å². The van der Waals surface area contributed by atoms with E-state index in [2.05, 4.69) is 282 Å². The Labute approximate surface area is 484 Å². The Morgan fingerprint density at radius 2 is 1.05 bits per heavy atom. The summed E-state index contributed by atoms with van der Waals surface area (Å²) >= 11 is 0. The standard InChI is InChI=1S/C74H73BN4O3/c1-70(2,3)47-24-29-64-58(39-47)75-59-40-48(71(4,5)6)25-30-65(59)82-67-35-46(34-66(81-64)69(67)75)45-23-28-60-57(33-45)56-27-26-55(43-63(56)79(60)68-41-49(31-32-76-68)72(7,8)9)80-54-20-18-19-52(42-54)77-44-78(62-22-17-16-21-61(62)77)53-37-50(73(10,11)12)36-51(38-53)74(13,14)15/h16-43H,1-15H3. The molecular formula is C74H73BN4O3. The molecule has 0 aliphatic carbocycles. The molecule has 0 fully saturated rings. The minimum Gasteiger partial charge on any atom is -0.458 e. The van der Waals surface area contributed by atoms with Crippen molar-refractivity contribution in [1.29, 1.82) is 0 Å². The zero-order chi connectivity index (χ0) is 57.6.